The van der Waals surface area contributed by atoms with Crippen LogP contribution in [0, 0.1) is 12.7 Å². The molecule has 3 rings (SSSR count). The van der Waals surface area contributed by atoms with E-state index in [1.54, 1.807) is 11.8 Å². The first kappa shape index (κ1) is 20.9. The summed E-state index contributed by atoms with van der Waals surface area (Å²) < 4.78 is 54.9. The van der Waals surface area contributed by atoms with Gasteiger partial charge in [0, 0.05) is 31.3 Å². The largest absolute Gasteiger partial charge is 0.573 e. The number of halogens is 5. The first-order chi connectivity index (χ1) is 13.5. The van der Waals surface area contributed by atoms with Crippen molar-refractivity contribution in [1.82, 2.24) is 15.1 Å². The third kappa shape index (κ3) is 4.78. The highest BCUT2D eigenvalue weighted by Gasteiger charge is 2.33. The normalized spacial score (nSPS) is 15.0. The fraction of sp³-hybridized carbons (Fsp3) is 0.353. The second-order valence-corrected chi connectivity index (χ2v) is 6.72. The van der Waals surface area contributed by atoms with E-state index < -0.39 is 29.4 Å². The van der Waals surface area contributed by atoms with Crippen LogP contribution in [0.4, 0.5) is 23.2 Å². The molecule has 0 radical (unpaired) electrons. The molecule has 1 aromatic heterocycles. The van der Waals surface area contributed by atoms with Crippen molar-refractivity contribution in [3.05, 3.63) is 50.7 Å². The number of nitrogens with zero attached hydrogens (tertiary/aromatic N) is 3. The van der Waals surface area contributed by atoms with E-state index in [4.69, 9.17) is 11.6 Å². The van der Waals surface area contributed by atoms with Gasteiger partial charge in [0.05, 0.1) is 17.9 Å². The minimum Gasteiger partial charge on any atom is -0.405 e. The standard InChI is InChI=1S/C17H15ClF4N4O3/c1-9-15(14(18)16(28)24-23-9)26-5-4-25(13(27)8-26)7-10-2-3-11(19)6-12(10)29-17(20,21)22/h2-3,6H,4-5,7-8H2,1H3,(H,24,28). The molecule has 1 aromatic carbocycles. The number of piperazine rings is 1. The van der Waals surface area contributed by atoms with E-state index in [1.165, 1.54) is 4.90 Å². The van der Waals surface area contributed by atoms with Crippen LogP contribution in [-0.4, -0.2) is 47.0 Å². The fourth-order valence-corrected chi connectivity index (χ4v) is 3.32. The van der Waals surface area contributed by atoms with Crippen molar-refractivity contribution in [2.75, 3.05) is 24.5 Å². The molecule has 1 aliphatic heterocycles. The van der Waals surface area contributed by atoms with Crippen LogP contribution in [0.2, 0.25) is 5.02 Å². The van der Waals surface area contributed by atoms with Crippen LogP contribution in [0.25, 0.3) is 0 Å². The number of aromatic amines is 1. The Hall–Kier alpha value is -2.82. The number of alkyl halides is 3. The number of anilines is 1. The van der Waals surface area contributed by atoms with Gasteiger partial charge in [0.15, 0.2) is 0 Å². The third-order valence-corrected chi connectivity index (χ3v) is 4.68. The number of hydrogen-bond donors (Lipinski definition) is 1. The molecular formula is C17H15ClF4N4O3. The predicted molar refractivity (Wildman–Crippen MR) is 95.3 cm³/mol. The first-order valence-corrected chi connectivity index (χ1v) is 8.74. The molecule has 1 fully saturated rings. The Labute approximate surface area is 166 Å². The van der Waals surface area contributed by atoms with E-state index in [-0.39, 0.29) is 36.8 Å². The zero-order valence-electron chi connectivity index (χ0n) is 15.0. The van der Waals surface area contributed by atoms with Crippen molar-refractivity contribution in [3.63, 3.8) is 0 Å². The number of benzene rings is 1. The third-order valence-electron chi connectivity index (χ3n) is 4.33. The van der Waals surface area contributed by atoms with Crippen LogP contribution in [0.3, 0.4) is 0 Å². The lowest BCUT2D eigenvalue weighted by Crippen LogP contribution is -2.50. The lowest BCUT2D eigenvalue weighted by Gasteiger charge is -2.36. The van der Waals surface area contributed by atoms with Gasteiger partial charge >= 0.3 is 6.36 Å². The Kier molecular flexibility index (Phi) is 5.69. The minimum absolute atomic E-state index is 0.0116. The van der Waals surface area contributed by atoms with Gasteiger partial charge in [-0.2, -0.15) is 5.10 Å². The predicted octanol–water partition coefficient (Wildman–Crippen LogP) is 2.62. The number of carbonyl (C=O) groups excluding carboxylic acids is 1. The summed E-state index contributed by atoms with van der Waals surface area (Å²) >= 11 is 6.03. The zero-order valence-corrected chi connectivity index (χ0v) is 15.8. The topological polar surface area (TPSA) is 78.5 Å². The van der Waals surface area contributed by atoms with Gasteiger partial charge in [-0.25, -0.2) is 9.49 Å². The van der Waals surface area contributed by atoms with Gasteiger partial charge in [0.1, 0.15) is 16.6 Å². The number of ether oxygens (including phenoxy) is 1. The van der Waals surface area contributed by atoms with E-state index in [9.17, 15) is 27.2 Å². The summed E-state index contributed by atoms with van der Waals surface area (Å²) in [4.78, 5) is 27.1. The molecule has 0 aliphatic carbocycles. The average molecular weight is 435 g/mol. The van der Waals surface area contributed by atoms with Crippen LogP contribution in [0.15, 0.2) is 23.0 Å². The molecule has 1 N–H and O–H groups in total. The summed E-state index contributed by atoms with van der Waals surface area (Å²) in [6.45, 7) is 1.69. The Morgan fingerprint density at radius 1 is 1.28 bits per heavy atom. The lowest BCUT2D eigenvalue weighted by molar-refractivity contribution is -0.275. The highest BCUT2D eigenvalue weighted by atomic mass is 35.5. The Bertz CT molecular complexity index is 996. The number of nitrogens with one attached hydrogen (secondary N) is 1. The van der Waals surface area contributed by atoms with Crippen molar-refractivity contribution in [1.29, 1.82) is 0 Å². The number of carbonyl (C=O) groups is 1. The molecule has 0 saturated carbocycles. The van der Waals surface area contributed by atoms with Crippen molar-refractivity contribution in [3.8, 4) is 5.75 Å². The molecule has 29 heavy (non-hydrogen) atoms. The van der Waals surface area contributed by atoms with Gasteiger partial charge in [-0.1, -0.05) is 17.7 Å². The maximum Gasteiger partial charge on any atom is 0.573 e. The van der Waals surface area contributed by atoms with Gasteiger partial charge in [0.25, 0.3) is 5.56 Å². The van der Waals surface area contributed by atoms with E-state index in [0.29, 0.717) is 17.4 Å². The van der Waals surface area contributed by atoms with Crippen molar-refractivity contribution in [2.24, 2.45) is 0 Å². The molecule has 1 aliphatic rings. The van der Waals surface area contributed by atoms with Gasteiger partial charge in [-0.3, -0.25) is 9.59 Å². The number of hydrogen-bond acceptors (Lipinski definition) is 5. The van der Waals surface area contributed by atoms with Crippen LogP contribution in [0.1, 0.15) is 11.3 Å². The molecule has 2 heterocycles. The highest BCUT2D eigenvalue weighted by Crippen LogP contribution is 2.30. The van der Waals surface area contributed by atoms with E-state index in [1.807, 2.05) is 0 Å². The van der Waals surface area contributed by atoms with Gasteiger partial charge in [-0.15, -0.1) is 13.2 Å². The summed E-state index contributed by atoms with van der Waals surface area (Å²) in [7, 11) is 0. The Morgan fingerprint density at radius 3 is 2.66 bits per heavy atom. The van der Waals surface area contributed by atoms with Crippen molar-refractivity contribution >= 4 is 23.2 Å². The number of rotatable bonds is 4. The number of amides is 1. The molecule has 7 nitrogen and oxygen atoms in total. The maximum atomic E-state index is 13.3. The number of aryl methyl sites for hydroxylation is 1. The van der Waals surface area contributed by atoms with Crippen molar-refractivity contribution < 1.29 is 27.1 Å². The molecule has 2 aromatic rings. The molecule has 1 amide bonds. The second kappa shape index (κ2) is 7.90. The average Bonchev–Trinajstić information content (AvgIpc) is 2.61. The number of aromatic nitrogens is 2. The zero-order chi connectivity index (χ0) is 21.3. The summed E-state index contributed by atoms with van der Waals surface area (Å²) in [5.41, 5.74) is 0.168. The highest BCUT2D eigenvalue weighted by molar-refractivity contribution is 6.33. The second-order valence-electron chi connectivity index (χ2n) is 6.34. The van der Waals surface area contributed by atoms with Gasteiger partial charge in [-0.05, 0) is 13.0 Å². The summed E-state index contributed by atoms with van der Waals surface area (Å²) in [6, 6.07) is 2.75. The molecule has 0 atom stereocenters. The van der Waals surface area contributed by atoms with Crippen molar-refractivity contribution in [2.45, 2.75) is 19.8 Å². The van der Waals surface area contributed by atoms with Crippen LogP contribution >= 0.6 is 11.6 Å². The fourth-order valence-electron chi connectivity index (χ4n) is 3.02. The molecule has 156 valence electrons. The van der Waals surface area contributed by atoms with E-state index >= 15 is 0 Å². The lowest BCUT2D eigenvalue weighted by atomic mass is 10.1. The monoisotopic (exact) mass is 434 g/mol. The smallest absolute Gasteiger partial charge is 0.405 e. The van der Waals surface area contributed by atoms with Crippen LogP contribution in [-0.2, 0) is 11.3 Å². The number of H-pyrrole nitrogens is 1. The molecule has 12 heteroatoms. The molecule has 1 saturated heterocycles. The summed E-state index contributed by atoms with van der Waals surface area (Å²) in [5, 5.41) is 5.97. The molecule has 0 unspecified atom stereocenters. The summed E-state index contributed by atoms with van der Waals surface area (Å²) in [5.74, 6) is -2.00. The Morgan fingerprint density at radius 2 is 2.00 bits per heavy atom. The van der Waals surface area contributed by atoms with Crippen LogP contribution in [0.5, 0.6) is 5.75 Å². The van der Waals surface area contributed by atoms with Gasteiger partial charge < -0.3 is 14.5 Å². The first-order valence-electron chi connectivity index (χ1n) is 8.37. The van der Waals surface area contributed by atoms with E-state index in [2.05, 4.69) is 14.9 Å². The maximum absolute atomic E-state index is 13.3. The minimum atomic E-state index is -4.99. The quantitative estimate of drug-likeness (QED) is 0.748. The molecule has 0 bridgehead atoms. The molecular weight excluding hydrogens is 420 g/mol. The van der Waals surface area contributed by atoms with Gasteiger partial charge in [0.2, 0.25) is 5.91 Å². The molecule has 0 spiro atoms. The Balaban J connectivity index is 1.78. The van der Waals surface area contributed by atoms with E-state index in [0.717, 1.165) is 12.1 Å². The van der Waals surface area contributed by atoms with Crippen LogP contribution < -0.4 is 15.2 Å². The SMILES string of the molecule is Cc1n[nH]c(=O)c(Cl)c1N1CCN(Cc2ccc(F)cc2OC(F)(F)F)C(=O)C1. The summed E-state index contributed by atoms with van der Waals surface area (Å²) in [6.07, 6.45) is -4.99.